The second-order valence-corrected chi connectivity index (χ2v) is 11.0. The molecule has 194 valence electrons. The number of hydrogen-bond donors (Lipinski definition) is 3. The number of phenols is 3. The summed E-state index contributed by atoms with van der Waals surface area (Å²) >= 11 is 0. The molecule has 36 heavy (non-hydrogen) atoms. The molecule has 0 aliphatic carbocycles. The Bertz CT molecular complexity index is 1150. The van der Waals surface area contributed by atoms with E-state index in [0.717, 1.165) is 25.7 Å². The quantitative estimate of drug-likeness (QED) is 0.283. The molecule has 0 radical (unpaired) electrons. The number of allylic oxidation sites excluding steroid dienone is 1. The summed E-state index contributed by atoms with van der Waals surface area (Å²) in [6.07, 6.45) is 8.81. The fourth-order valence-corrected chi connectivity index (χ4v) is 5.25. The van der Waals surface area contributed by atoms with Gasteiger partial charge in [-0.3, -0.25) is 4.79 Å². The highest BCUT2D eigenvalue weighted by Gasteiger charge is 2.46. The van der Waals surface area contributed by atoms with E-state index in [1.807, 2.05) is 0 Å². The molecule has 2 unspecified atom stereocenters. The normalized spacial score (nSPS) is 19.8. The Morgan fingerprint density at radius 2 is 1.86 bits per heavy atom. The number of carbonyl (C=O) groups is 1. The fraction of sp³-hybridized carbons (Fsp3) is 0.500. The van der Waals surface area contributed by atoms with E-state index in [-0.39, 0.29) is 28.8 Å². The molecule has 1 saturated heterocycles. The molecule has 6 heteroatoms. The SMILES string of the molecule is C/C(=C\CN1C(=O)c2cccc(O)c2CCc2c(O)cc(O)cc21)CCCC(C)CCC1OC1(C)C. The van der Waals surface area contributed by atoms with Crippen molar-refractivity contribution in [1.82, 2.24) is 0 Å². The number of rotatable bonds is 9. The second kappa shape index (κ2) is 10.6. The summed E-state index contributed by atoms with van der Waals surface area (Å²) in [5.41, 5.74) is 3.40. The van der Waals surface area contributed by atoms with E-state index in [0.29, 0.717) is 53.8 Å². The average Bonchev–Trinajstić information content (AvgIpc) is 3.43. The Morgan fingerprint density at radius 3 is 2.58 bits per heavy atom. The van der Waals surface area contributed by atoms with E-state index in [9.17, 15) is 20.1 Å². The number of carbonyl (C=O) groups excluding carboxylic acids is 1. The van der Waals surface area contributed by atoms with Gasteiger partial charge in [0.2, 0.25) is 0 Å². The number of benzene rings is 2. The minimum atomic E-state index is -0.255. The van der Waals surface area contributed by atoms with Crippen molar-refractivity contribution in [2.75, 3.05) is 11.4 Å². The predicted molar refractivity (Wildman–Crippen MR) is 142 cm³/mol. The van der Waals surface area contributed by atoms with E-state index in [2.05, 4.69) is 33.8 Å². The van der Waals surface area contributed by atoms with E-state index in [4.69, 9.17) is 4.74 Å². The lowest BCUT2D eigenvalue weighted by molar-refractivity contribution is 0.0987. The molecule has 0 bridgehead atoms. The standard InChI is InChI=1S/C30H39NO5/c1-19(11-14-28-30(3,4)36-28)7-5-8-20(2)15-16-31-25-17-21(32)18-27(34)24(25)13-12-22-23(29(31)35)9-6-10-26(22)33/h6,9-10,15,17-19,28,32-34H,5,7-8,11-14,16H2,1-4H3/b20-15+. The van der Waals surface area contributed by atoms with Gasteiger partial charge in [-0.2, -0.15) is 0 Å². The molecule has 2 atom stereocenters. The highest BCUT2D eigenvalue weighted by molar-refractivity contribution is 6.08. The Labute approximate surface area is 214 Å². The lowest BCUT2D eigenvalue weighted by Crippen LogP contribution is -2.34. The van der Waals surface area contributed by atoms with Crippen LogP contribution in [0.4, 0.5) is 5.69 Å². The lowest BCUT2D eigenvalue weighted by atomic mass is 9.93. The number of phenolic OH excluding ortho intramolecular Hbond substituents is 3. The first-order valence-corrected chi connectivity index (χ1v) is 13.1. The van der Waals surface area contributed by atoms with Crippen LogP contribution in [0, 0.1) is 5.92 Å². The second-order valence-electron chi connectivity index (χ2n) is 11.0. The van der Waals surface area contributed by atoms with Gasteiger partial charge in [0.25, 0.3) is 5.91 Å². The molecule has 0 aromatic heterocycles. The predicted octanol–water partition coefficient (Wildman–Crippen LogP) is 6.26. The Morgan fingerprint density at radius 1 is 1.14 bits per heavy atom. The number of hydrogen-bond acceptors (Lipinski definition) is 5. The van der Waals surface area contributed by atoms with Crippen LogP contribution in [0.2, 0.25) is 0 Å². The molecule has 3 N–H and O–H groups in total. The minimum absolute atomic E-state index is 0.0451. The van der Waals surface area contributed by atoms with Gasteiger partial charge in [-0.25, -0.2) is 0 Å². The lowest BCUT2D eigenvalue weighted by Gasteiger charge is -2.28. The third-order valence-electron chi connectivity index (χ3n) is 7.71. The summed E-state index contributed by atoms with van der Waals surface area (Å²) in [5, 5.41) is 31.1. The molecule has 2 aromatic rings. The van der Waals surface area contributed by atoms with E-state index >= 15 is 0 Å². The van der Waals surface area contributed by atoms with E-state index in [1.54, 1.807) is 23.1 Å². The molecule has 2 aliphatic heterocycles. The number of amides is 1. The smallest absolute Gasteiger partial charge is 0.258 e. The Balaban J connectivity index is 1.45. The number of aromatic hydroxyl groups is 3. The monoisotopic (exact) mass is 493 g/mol. The van der Waals surface area contributed by atoms with Crippen molar-refractivity contribution in [3.05, 3.63) is 58.7 Å². The van der Waals surface area contributed by atoms with Gasteiger partial charge in [-0.1, -0.05) is 31.1 Å². The maximum absolute atomic E-state index is 13.6. The molecule has 6 nitrogen and oxygen atoms in total. The molecular formula is C30H39NO5. The van der Waals surface area contributed by atoms with Crippen LogP contribution >= 0.6 is 0 Å². The van der Waals surface area contributed by atoms with Gasteiger partial charge in [0.1, 0.15) is 17.2 Å². The van der Waals surface area contributed by atoms with Crippen LogP contribution in [0.5, 0.6) is 17.2 Å². The fourth-order valence-electron chi connectivity index (χ4n) is 5.25. The molecule has 4 rings (SSSR count). The summed E-state index contributed by atoms with van der Waals surface area (Å²) < 4.78 is 5.69. The molecular weight excluding hydrogens is 454 g/mol. The highest BCUT2D eigenvalue weighted by atomic mass is 16.6. The Kier molecular flexibility index (Phi) is 7.65. The van der Waals surface area contributed by atoms with Gasteiger partial charge >= 0.3 is 0 Å². The zero-order chi connectivity index (χ0) is 26.0. The van der Waals surface area contributed by atoms with Crippen LogP contribution in [0.3, 0.4) is 0 Å². The molecule has 2 aromatic carbocycles. The van der Waals surface area contributed by atoms with Crippen molar-refractivity contribution in [3.8, 4) is 17.2 Å². The first-order chi connectivity index (χ1) is 17.1. The van der Waals surface area contributed by atoms with Gasteiger partial charge in [-0.05, 0) is 77.3 Å². The van der Waals surface area contributed by atoms with Gasteiger partial charge in [0.15, 0.2) is 0 Å². The zero-order valence-corrected chi connectivity index (χ0v) is 21.9. The summed E-state index contributed by atoms with van der Waals surface area (Å²) in [5.74, 6) is 0.345. The molecule has 0 saturated carbocycles. The minimum Gasteiger partial charge on any atom is -0.508 e. The molecule has 1 amide bonds. The van der Waals surface area contributed by atoms with Crippen LogP contribution in [-0.4, -0.2) is 39.5 Å². The summed E-state index contributed by atoms with van der Waals surface area (Å²) in [4.78, 5) is 15.2. The summed E-state index contributed by atoms with van der Waals surface area (Å²) in [7, 11) is 0. The topological polar surface area (TPSA) is 93.5 Å². The van der Waals surface area contributed by atoms with E-state index < -0.39 is 0 Å². The van der Waals surface area contributed by atoms with Crippen molar-refractivity contribution in [2.24, 2.45) is 5.92 Å². The first kappa shape index (κ1) is 26.1. The average molecular weight is 494 g/mol. The molecule has 2 heterocycles. The number of nitrogens with zero attached hydrogens (tertiary/aromatic N) is 1. The van der Waals surface area contributed by atoms with Crippen molar-refractivity contribution in [2.45, 2.75) is 84.3 Å². The number of epoxide rings is 1. The highest BCUT2D eigenvalue weighted by Crippen LogP contribution is 2.40. The van der Waals surface area contributed by atoms with E-state index in [1.165, 1.54) is 24.1 Å². The maximum atomic E-state index is 13.6. The number of ether oxygens (including phenoxy) is 1. The number of anilines is 1. The zero-order valence-electron chi connectivity index (χ0n) is 21.9. The van der Waals surface area contributed by atoms with Crippen LogP contribution in [0.1, 0.15) is 81.3 Å². The van der Waals surface area contributed by atoms with Gasteiger partial charge in [0, 0.05) is 35.4 Å². The maximum Gasteiger partial charge on any atom is 0.258 e. The molecule has 0 spiro atoms. The van der Waals surface area contributed by atoms with Crippen LogP contribution in [0.25, 0.3) is 0 Å². The largest absolute Gasteiger partial charge is 0.508 e. The van der Waals surface area contributed by atoms with Crippen LogP contribution in [0.15, 0.2) is 42.0 Å². The van der Waals surface area contributed by atoms with Gasteiger partial charge < -0.3 is 25.0 Å². The van der Waals surface area contributed by atoms with Crippen LogP contribution < -0.4 is 4.90 Å². The third kappa shape index (κ3) is 5.86. The van der Waals surface area contributed by atoms with Crippen molar-refractivity contribution in [1.29, 1.82) is 0 Å². The Hall–Kier alpha value is -2.99. The first-order valence-electron chi connectivity index (χ1n) is 13.1. The molecule has 1 fully saturated rings. The van der Waals surface area contributed by atoms with Crippen molar-refractivity contribution >= 4 is 11.6 Å². The van der Waals surface area contributed by atoms with Crippen molar-refractivity contribution in [3.63, 3.8) is 0 Å². The molecule has 2 aliphatic rings. The summed E-state index contributed by atoms with van der Waals surface area (Å²) in [6, 6.07) is 7.82. The van der Waals surface area contributed by atoms with Gasteiger partial charge in [0.05, 0.1) is 17.4 Å². The number of fused-ring (bicyclic) bond motifs is 2. The third-order valence-corrected chi connectivity index (χ3v) is 7.71. The van der Waals surface area contributed by atoms with Gasteiger partial charge in [-0.15, -0.1) is 0 Å². The summed E-state index contributed by atoms with van der Waals surface area (Å²) in [6.45, 7) is 9.00. The van der Waals surface area contributed by atoms with Crippen LogP contribution in [-0.2, 0) is 17.6 Å². The van der Waals surface area contributed by atoms with Crippen molar-refractivity contribution < 1.29 is 24.9 Å².